The van der Waals surface area contributed by atoms with E-state index in [-0.39, 0.29) is 11.8 Å². The Morgan fingerprint density at radius 3 is 2.21 bits per heavy atom. The third kappa shape index (κ3) is 6.71. The Morgan fingerprint density at radius 1 is 0.971 bits per heavy atom. The highest BCUT2D eigenvalue weighted by atomic mass is 16.5. The van der Waals surface area contributed by atoms with E-state index in [1.54, 1.807) is 31.5 Å². The van der Waals surface area contributed by atoms with Crippen molar-refractivity contribution >= 4 is 11.9 Å². The molecule has 7 heteroatoms. The van der Waals surface area contributed by atoms with Gasteiger partial charge in [-0.15, -0.1) is 0 Å². The number of aromatic nitrogens is 2. The molecule has 7 nitrogen and oxygen atoms in total. The summed E-state index contributed by atoms with van der Waals surface area (Å²) in [7, 11) is 0. The molecule has 0 unspecified atom stereocenters. The molecule has 34 heavy (non-hydrogen) atoms. The van der Waals surface area contributed by atoms with Crippen LogP contribution in [0.3, 0.4) is 0 Å². The molecule has 0 spiro atoms. The number of rotatable bonds is 10. The van der Waals surface area contributed by atoms with Crippen LogP contribution in [0.4, 0.5) is 0 Å². The lowest BCUT2D eigenvalue weighted by atomic mass is 9.87. The van der Waals surface area contributed by atoms with Crippen LogP contribution in [-0.2, 0) is 16.0 Å². The Bertz CT molecular complexity index is 1070. The lowest BCUT2D eigenvalue weighted by molar-refractivity contribution is -0.144. The lowest BCUT2D eigenvalue weighted by Gasteiger charge is -2.22. The lowest BCUT2D eigenvalue weighted by Crippen LogP contribution is -2.34. The Hall–Kier alpha value is -3.58. The molecule has 0 saturated carbocycles. The molecule has 3 N–H and O–H groups in total. The number of ether oxygens (including phenoxy) is 1. The number of benzene rings is 2. The van der Waals surface area contributed by atoms with Gasteiger partial charge < -0.3 is 15.8 Å². The second kappa shape index (κ2) is 12.0. The topological polar surface area (TPSA) is 107 Å². The summed E-state index contributed by atoms with van der Waals surface area (Å²) in [5, 5.41) is 3.06. The van der Waals surface area contributed by atoms with Gasteiger partial charge in [-0.3, -0.25) is 9.59 Å². The SMILES string of the molecule is CCOC(=O)[C@@H](N)Cc1ccc(C(=O)NC[C@@H](c2ccc(-c3cncnc3)cc2)C(C)C)cc1. The van der Waals surface area contributed by atoms with Crippen molar-refractivity contribution in [1.29, 1.82) is 0 Å². The van der Waals surface area contributed by atoms with E-state index in [1.807, 2.05) is 12.1 Å². The summed E-state index contributed by atoms with van der Waals surface area (Å²) in [5.74, 6) is -0.0380. The highest BCUT2D eigenvalue weighted by Gasteiger charge is 2.18. The first kappa shape index (κ1) is 25.1. The molecule has 0 bridgehead atoms. The van der Waals surface area contributed by atoms with E-state index in [0.29, 0.717) is 31.1 Å². The summed E-state index contributed by atoms with van der Waals surface area (Å²) < 4.78 is 4.94. The fourth-order valence-corrected chi connectivity index (χ4v) is 3.79. The van der Waals surface area contributed by atoms with Gasteiger partial charge in [0.1, 0.15) is 12.4 Å². The van der Waals surface area contributed by atoms with Crippen LogP contribution in [0.25, 0.3) is 11.1 Å². The van der Waals surface area contributed by atoms with Crippen molar-refractivity contribution in [3.8, 4) is 11.1 Å². The number of nitrogens with zero attached hydrogens (tertiary/aromatic N) is 2. The molecule has 0 aliphatic carbocycles. The summed E-state index contributed by atoms with van der Waals surface area (Å²) in [6.07, 6.45) is 5.46. The molecule has 1 amide bonds. The van der Waals surface area contributed by atoms with E-state index in [9.17, 15) is 9.59 Å². The standard InChI is InChI=1S/C27H32N4O3/c1-4-34-27(33)25(28)13-19-5-7-22(8-6-19)26(32)31-16-24(18(2)3)21-11-9-20(10-12-21)23-14-29-17-30-15-23/h5-12,14-15,17-18,24-25H,4,13,16,28H2,1-3H3,(H,31,32)/t24-,25+/m1/s1. The number of nitrogens with two attached hydrogens (primary N) is 1. The van der Waals surface area contributed by atoms with Gasteiger partial charge in [0.05, 0.1) is 6.61 Å². The van der Waals surface area contributed by atoms with Gasteiger partial charge >= 0.3 is 5.97 Å². The van der Waals surface area contributed by atoms with E-state index in [0.717, 1.165) is 16.7 Å². The van der Waals surface area contributed by atoms with E-state index >= 15 is 0 Å². The summed E-state index contributed by atoms with van der Waals surface area (Å²) in [4.78, 5) is 32.6. The maximum atomic E-state index is 12.7. The van der Waals surface area contributed by atoms with Gasteiger partial charge in [0.25, 0.3) is 5.91 Å². The molecule has 0 aliphatic heterocycles. The van der Waals surface area contributed by atoms with Gasteiger partial charge in [-0.05, 0) is 48.1 Å². The Balaban J connectivity index is 1.60. The molecule has 0 saturated heterocycles. The van der Waals surface area contributed by atoms with Crippen LogP contribution < -0.4 is 11.1 Å². The van der Waals surface area contributed by atoms with E-state index in [2.05, 4.69) is 53.4 Å². The Morgan fingerprint density at radius 2 is 1.62 bits per heavy atom. The van der Waals surface area contributed by atoms with Crippen molar-refractivity contribution in [2.24, 2.45) is 11.7 Å². The number of hydrogen-bond donors (Lipinski definition) is 2. The molecule has 0 aliphatic rings. The number of hydrogen-bond acceptors (Lipinski definition) is 6. The predicted molar refractivity (Wildman–Crippen MR) is 132 cm³/mol. The minimum Gasteiger partial charge on any atom is -0.465 e. The third-order valence-corrected chi connectivity index (χ3v) is 5.78. The normalized spacial score (nSPS) is 12.7. The zero-order valence-electron chi connectivity index (χ0n) is 19.9. The van der Waals surface area contributed by atoms with E-state index < -0.39 is 12.0 Å². The summed E-state index contributed by atoms with van der Waals surface area (Å²) in [5.41, 5.74) is 10.5. The van der Waals surface area contributed by atoms with Gasteiger partial charge in [-0.25, -0.2) is 9.97 Å². The predicted octanol–water partition coefficient (Wildman–Crippen LogP) is 3.75. The highest BCUT2D eigenvalue weighted by Crippen LogP contribution is 2.26. The van der Waals surface area contributed by atoms with Crippen LogP contribution in [0.5, 0.6) is 0 Å². The van der Waals surface area contributed by atoms with E-state index in [1.165, 1.54) is 11.9 Å². The van der Waals surface area contributed by atoms with Crippen molar-refractivity contribution in [2.45, 2.75) is 39.2 Å². The number of carbonyl (C=O) groups is 2. The first-order valence-corrected chi connectivity index (χ1v) is 11.5. The number of esters is 1. The van der Waals surface area contributed by atoms with Crippen LogP contribution in [0, 0.1) is 5.92 Å². The van der Waals surface area contributed by atoms with E-state index in [4.69, 9.17) is 10.5 Å². The fraction of sp³-hybridized carbons (Fsp3) is 0.333. The average molecular weight is 461 g/mol. The van der Waals surface area contributed by atoms with Gasteiger partial charge in [-0.2, -0.15) is 0 Å². The van der Waals surface area contributed by atoms with Gasteiger partial charge in [-0.1, -0.05) is 50.2 Å². The summed E-state index contributed by atoms with van der Waals surface area (Å²) in [6, 6.07) is 14.7. The molecular formula is C27H32N4O3. The second-order valence-corrected chi connectivity index (χ2v) is 8.57. The smallest absolute Gasteiger partial charge is 0.323 e. The van der Waals surface area contributed by atoms with Crippen molar-refractivity contribution in [2.75, 3.05) is 13.2 Å². The molecule has 0 radical (unpaired) electrons. The molecular weight excluding hydrogens is 428 g/mol. The quantitative estimate of drug-likeness (QED) is 0.446. The fourth-order valence-electron chi connectivity index (χ4n) is 3.79. The maximum Gasteiger partial charge on any atom is 0.323 e. The van der Waals surface area contributed by atoms with Crippen molar-refractivity contribution in [3.63, 3.8) is 0 Å². The number of amides is 1. The molecule has 2 atom stereocenters. The van der Waals surface area contributed by atoms with Gasteiger partial charge in [0, 0.05) is 36.0 Å². The molecule has 2 aromatic carbocycles. The summed E-state index contributed by atoms with van der Waals surface area (Å²) >= 11 is 0. The molecule has 0 fully saturated rings. The van der Waals surface area contributed by atoms with Crippen LogP contribution in [0.15, 0.2) is 67.3 Å². The number of carbonyl (C=O) groups excluding carboxylic acids is 2. The Kier molecular flexibility index (Phi) is 8.87. The average Bonchev–Trinajstić information content (AvgIpc) is 2.85. The highest BCUT2D eigenvalue weighted by molar-refractivity contribution is 5.94. The molecule has 3 aromatic rings. The Labute approximate surface area is 200 Å². The maximum absolute atomic E-state index is 12.7. The zero-order chi connectivity index (χ0) is 24.5. The largest absolute Gasteiger partial charge is 0.465 e. The van der Waals surface area contributed by atoms with Crippen molar-refractivity contribution < 1.29 is 14.3 Å². The van der Waals surface area contributed by atoms with Crippen LogP contribution in [0.1, 0.15) is 48.2 Å². The van der Waals surface area contributed by atoms with Crippen LogP contribution in [0.2, 0.25) is 0 Å². The van der Waals surface area contributed by atoms with Gasteiger partial charge in [0.15, 0.2) is 0 Å². The molecule has 1 heterocycles. The van der Waals surface area contributed by atoms with Crippen LogP contribution in [-0.4, -0.2) is 41.0 Å². The number of nitrogens with one attached hydrogen (secondary N) is 1. The first-order valence-electron chi connectivity index (χ1n) is 11.5. The molecule has 1 aromatic heterocycles. The first-order chi connectivity index (χ1) is 16.4. The van der Waals surface area contributed by atoms with Gasteiger partial charge in [0.2, 0.25) is 0 Å². The third-order valence-electron chi connectivity index (χ3n) is 5.78. The minimum absolute atomic E-state index is 0.134. The monoisotopic (exact) mass is 460 g/mol. The zero-order valence-corrected chi connectivity index (χ0v) is 19.9. The second-order valence-electron chi connectivity index (χ2n) is 8.57. The van der Waals surface area contributed by atoms with Crippen molar-refractivity contribution in [3.05, 3.63) is 83.9 Å². The molecule has 3 rings (SSSR count). The summed E-state index contributed by atoms with van der Waals surface area (Å²) in [6.45, 7) is 6.88. The molecule has 178 valence electrons. The van der Waals surface area contributed by atoms with Crippen LogP contribution >= 0.6 is 0 Å². The van der Waals surface area contributed by atoms with Crippen molar-refractivity contribution in [1.82, 2.24) is 15.3 Å². The minimum atomic E-state index is -0.716.